The second kappa shape index (κ2) is 8.81. The number of aryl methyl sites for hydroxylation is 2. The summed E-state index contributed by atoms with van der Waals surface area (Å²) in [6, 6.07) is 9.37. The molecule has 3 rings (SSSR count). The second-order valence-corrected chi connectivity index (χ2v) is 6.97. The SMILES string of the molecule is CCc1ccc(C2CNCCN2CCn2c(C)csc2=O)cc1.Cl. The molecular weight excluding hydrogens is 342 g/mol. The monoisotopic (exact) mass is 367 g/mol. The number of nitrogens with one attached hydrogen (secondary N) is 1. The van der Waals surface area contributed by atoms with Gasteiger partial charge in [0.1, 0.15) is 0 Å². The Balaban J connectivity index is 0.00000208. The fourth-order valence-electron chi connectivity index (χ4n) is 3.22. The number of hydrogen-bond acceptors (Lipinski definition) is 4. The lowest BCUT2D eigenvalue weighted by Crippen LogP contribution is -2.47. The molecule has 0 amide bonds. The molecule has 1 aliphatic rings. The van der Waals surface area contributed by atoms with Crippen molar-refractivity contribution in [2.45, 2.75) is 32.9 Å². The molecule has 1 aromatic carbocycles. The van der Waals surface area contributed by atoms with Gasteiger partial charge in [-0.15, -0.1) is 12.4 Å². The Morgan fingerprint density at radius 3 is 2.62 bits per heavy atom. The van der Waals surface area contributed by atoms with E-state index in [4.69, 9.17) is 0 Å². The van der Waals surface area contributed by atoms with E-state index in [0.717, 1.165) is 44.8 Å². The van der Waals surface area contributed by atoms with Gasteiger partial charge in [0.25, 0.3) is 0 Å². The summed E-state index contributed by atoms with van der Waals surface area (Å²) in [6.45, 7) is 8.90. The molecule has 0 spiro atoms. The maximum atomic E-state index is 11.9. The molecule has 2 aromatic rings. The van der Waals surface area contributed by atoms with Crippen LogP contribution in [-0.2, 0) is 13.0 Å². The fraction of sp³-hybridized carbons (Fsp3) is 0.500. The fourth-order valence-corrected chi connectivity index (χ4v) is 3.98. The molecule has 1 atom stereocenters. The zero-order chi connectivity index (χ0) is 16.2. The van der Waals surface area contributed by atoms with Crippen LogP contribution in [0.5, 0.6) is 0 Å². The summed E-state index contributed by atoms with van der Waals surface area (Å²) in [4.78, 5) is 14.5. The van der Waals surface area contributed by atoms with Crippen LogP contribution < -0.4 is 10.2 Å². The van der Waals surface area contributed by atoms with Crippen molar-refractivity contribution in [3.63, 3.8) is 0 Å². The number of hydrogen-bond donors (Lipinski definition) is 1. The van der Waals surface area contributed by atoms with E-state index >= 15 is 0 Å². The van der Waals surface area contributed by atoms with Crippen molar-refractivity contribution in [2.24, 2.45) is 0 Å². The highest BCUT2D eigenvalue weighted by Crippen LogP contribution is 2.22. The zero-order valence-electron chi connectivity index (χ0n) is 14.3. The number of piperazine rings is 1. The van der Waals surface area contributed by atoms with Crippen LogP contribution in [0.1, 0.15) is 29.8 Å². The van der Waals surface area contributed by atoms with Gasteiger partial charge in [0, 0.05) is 49.8 Å². The van der Waals surface area contributed by atoms with Gasteiger partial charge in [-0.2, -0.15) is 0 Å². The molecule has 0 radical (unpaired) electrons. The van der Waals surface area contributed by atoms with E-state index in [0.29, 0.717) is 6.04 Å². The van der Waals surface area contributed by atoms with Crippen LogP contribution in [0, 0.1) is 6.92 Å². The molecule has 0 saturated carbocycles. The number of benzene rings is 1. The largest absolute Gasteiger partial charge is 0.314 e. The lowest BCUT2D eigenvalue weighted by molar-refractivity contribution is 0.155. The number of thiazole rings is 1. The van der Waals surface area contributed by atoms with Crippen molar-refractivity contribution in [2.75, 3.05) is 26.2 Å². The predicted molar refractivity (Wildman–Crippen MR) is 104 cm³/mol. The third-order valence-electron chi connectivity index (χ3n) is 4.71. The van der Waals surface area contributed by atoms with E-state index in [1.807, 2.05) is 16.9 Å². The molecule has 1 N–H and O–H groups in total. The molecule has 2 heterocycles. The molecule has 1 aromatic heterocycles. The summed E-state index contributed by atoms with van der Waals surface area (Å²) < 4.78 is 1.89. The van der Waals surface area contributed by atoms with E-state index in [-0.39, 0.29) is 17.3 Å². The van der Waals surface area contributed by atoms with E-state index in [1.165, 1.54) is 22.5 Å². The van der Waals surface area contributed by atoms with Gasteiger partial charge in [-0.25, -0.2) is 0 Å². The average molecular weight is 368 g/mol. The Bertz CT molecular complexity index is 695. The van der Waals surface area contributed by atoms with Gasteiger partial charge in [-0.05, 0) is 24.5 Å². The molecule has 1 saturated heterocycles. The van der Waals surface area contributed by atoms with E-state index in [2.05, 4.69) is 41.4 Å². The summed E-state index contributed by atoms with van der Waals surface area (Å²) >= 11 is 1.30. The van der Waals surface area contributed by atoms with E-state index in [1.54, 1.807) is 0 Å². The van der Waals surface area contributed by atoms with Crippen LogP contribution >= 0.6 is 23.7 Å². The minimum atomic E-state index is 0. The van der Waals surface area contributed by atoms with Crippen molar-refractivity contribution in [1.29, 1.82) is 0 Å². The van der Waals surface area contributed by atoms with Gasteiger partial charge < -0.3 is 9.88 Å². The van der Waals surface area contributed by atoms with E-state index < -0.39 is 0 Å². The third kappa shape index (κ3) is 4.28. The first-order valence-corrected chi connectivity index (χ1v) is 9.25. The Morgan fingerprint density at radius 1 is 1.25 bits per heavy atom. The number of halogens is 1. The summed E-state index contributed by atoms with van der Waals surface area (Å²) in [5, 5.41) is 5.45. The second-order valence-electron chi connectivity index (χ2n) is 6.15. The lowest BCUT2D eigenvalue weighted by atomic mass is 10.0. The van der Waals surface area contributed by atoms with Crippen molar-refractivity contribution in [1.82, 2.24) is 14.8 Å². The normalized spacial score (nSPS) is 18.3. The molecule has 4 nitrogen and oxygen atoms in total. The summed E-state index contributed by atoms with van der Waals surface area (Å²) in [7, 11) is 0. The first kappa shape index (κ1) is 19.2. The van der Waals surface area contributed by atoms with Crippen LogP contribution in [0.2, 0.25) is 0 Å². The third-order valence-corrected chi connectivity index (χ3v) is 5.60. The Kier molecular flexibility index (Phi) is 7.04. The topological polar surface area (TPSA) is 37.3 Å². The minimum absolute atomic E-state index is 0. The summed E-state index contributed by atoms with van der Waals surface area (Å²) in [5.41, 5.74) is 3.81. The highest BCUT2D eigenvalue weighted by molar-refractivity contribution is 7.07. The molecule has 132 valence electrons. The maximum absolute atomic E-state index is 11.9. The van der Waals surface area contributed by atoms with Gasteiger partial charge in [0.2, 0.25) is 0 Å². The maximum Gasteiger partial charge on any atom is 0.307 e. The van der Waals surface area contributed by atoms with Gasteiger partial charge >= 0.3 is 4.87 Å². The van der Waals surface area contributed by atoms with Crippen molar-refractivity contribution < 1.29 is 0 Å². The smallest absolute Gasteiger partial charge is 0.307 e. The Labute approximate surface area is 153 Å². The number of rotatable bonds is 5. The van der Waals surface area contributed by atoms with Crippen molar-refractivity contribution >= 4 is 23.7 Å². The summed E-state index contributed by atoms with van der Waals surface area (Å²) in [5.74, 6) is 0. The highest BCUT2D eigenvalue weighted by atomic mass is 35.5. The van der Waals surface area contributed by atoms with Crippen LogP contribution in [0.25, 0.3) is 0 Å². The quantitative estimate of drug-likeness (QED) is 0.882. The van der Waals surface area contributed by atoms with Crippen LogP contribution in [0.15, 0.2) is 34.4 Å². The minimum Gasteiger partial charge on any atom is -0.314 e. The molecule has 0 bridgehead atoms. The molecular formula is C18H26ClN3OS. The molecule has 0 aliphatic carbocycles. The van der Waals surface area contributed by atoms with Crippen molar-refractivity contribution in [3.05, 3.63) is 56.1 Å². The first-order valence-electron chi connectivity index (χ1n) is 8.37. The Morgan fingerprint density at radius 2 is 2.00 bits per heavy atom. The molecule has 1 aliphatic heterocycles. The average Bonchev–Trinajstić information content (AvgIpc) is 2.92. The molecule has 1 unspecified atom stereocenters. The first-order chi connectivity index (χ1) is 11.2. The number of aromatic nitrogens is 1. The highest BCUT2D eigenvalue weighted by Gasteiger charge is 2.23. The van der Waals surface area contributed by atoms with Crippen LogP contribution in [0.4, 0.5) is 0 Å². The van der Waals surface area contributed by atoms with Gasteiger partial charge in [0.15, 0.2) is 0 Å². The van der Waals surface area contributed by atoms with Crippen molar-refractivity contribution in [3.8, 4) is 0 Å². The summed E-state index contributed by atoms with van der Waals surface area (Å²) in [6.07, 6.45) is 1.08. The van der Waals surface area contributed by atoms with Crippen LogP contribution in [-0.4, -0.2) is 35.6 Å². The van der Waals surface area contributed by atoms with Gasteiger partial charge in [-0.3, -0.25) is 9.69 Å². The molecule has 1 fully saturated rings. The predicted octanol–water partition coefficient (Wildman–Crippen LogP) is 2.85. The van der Waals surface area contributed by atoms with Gasteiger partial charge in [-0.1, -0.05) is 42.5 Å². The number of nitrogens with zero attached hydrogens (tertiary/aromatic N) is 2. The Hall–Kier alpha value is -1.14. The molecule has 24 heavy (non-hydrogen) atoms. The lowest BCUT2D eigenvalue weighted by Gasteiger charge is -2.36. The van der Waals surface area contributed by atoms with E-state index in [9.17, 15) is 4.79 Å². The zero-order valence-corrected chi connectivity index (χ0v) is 16.0. The van der Waals surface area contributed by atoms with Gasteiger partial charge in [0.05, 0.1) is 0 Å². The molecule has 6 heteroatoms. The standard InChI is InChI=1S/C18H25N3OS.ClH/c1-3-15-4-6-16(7-5-15)17-12-19-8-9-20(17)10-11-21-14(2)13-23-18(21)22;/h4-7,13,17,19H,3,8-12H2,1-2H3;1H. The van der Waals surface area contributed by atoms with Crippen LogP contribution in [0.3, 0.4) is 0 Å².